The Morgan fingerprint density at radius 3 is 2.55 bits per heavy atom. The highest BCUT2D eigenvalue weighted by atomic mass is 79.9. The number of hydrogen-bond donors (Lipinski definition) is 1. The zero-order chi connectivity index (χ0) is 16.1. The standard InChI is InChI=1S/C15H16BrN3O3/c1-10-9-14(18-22-10)17-15(21)7-8-19(11(2)20)13-5-3-12(16)4-6-13/h3-6,9H,7-8H2,1-2H3,(H,17,18,21). The van der Waals surface area contributed by atoms with Crippen LogP contribution < -0.4 is 10.2 Å². The largest absolute Gasteiger partial charge is 0.360 e. The lowest BCUT2D eigenvalue weighted by Gasteiger charge is -2.20. The van der Waals surface area contributed by atoms with Gasteiger partial charge in [-0.2, -0.15) is 0 Å². The molecule has 0 spiro atoms. The number of carbonyl (C=O) groups is 2. The summed E-state index contributed by atoms with van der Waals surface area (Å²) in [6, 6.07) is 8.98. The summed E-state index contributed by atoms with van der Waals surface area (Å²) in [5.74, 6) is 0.653. The summed E-state index contributed by atoms with van der Waals surface area (Å²) >= 11 is 3.35. The maximum atomic E-state index is 11.9. The fourth-order valence-corrected chi connectivity index (χ4v) is 2.20. The summed E-state index contributed by atoms with van der Waals surface area (Å²) in [5.41, 5.74) is 0.751. The number of carbonyl (C=O) groups excluding carboxylic acids is 2. The van der Waals surface area contributed by atoms with Crippen LogP contribution in [-0.2, 0) is 9.59 Å². The summed E-state index contributed by atoms with van der Waals surface area (Å²) in [7, 11) is 0. The Balaban J connectivity index is 1.95. The first kappa shape index (κ1) is 16.2. The second-order valence-corrected chi connectivity index (χ2v) is 5.68. The minimum Gasteiger partial charge on any atom is -0.360 e. The van der Waals surface area contributed by atoms with Gasteiger partial charge in [-0.25, -0.2) is 0 Å². The van der Waals surface area contributed by atoms with Gasteiger partial charge in [0, 0.05) is 36.1 Å². The molecule has 0 bridgehead atoms. The first-order chi connectivity index (χ1) is 10.5. The third kappa shape index (κ3) is 4.42. The molecule has 2 aromatic rings. The average molecular weight is 366 g/mol. The van der Waals surface area contributed by atoms with Crippen molar-refractivity contribution < 1.29 is 14.1 Å². The van der Waals surface area contributed by atoms with Crippen LogP contribution in [0.1, 0.15) is 19.1 Å². The summed E-state index contributed by atoms with van der Waals surface area (Å²) in [5, 5.41) is 6.32. The van der Waals surface area contributed by atoms with Gasteiger partial charge in [-0.05, 0) is 31.2 Å². The summed E-state index contributed by atoms with van der Waals surface area (Å²) in [6.07, 6.45) is 0.168. The van der Waals surface area contributed by atoms with Crippen LogP contribution in [0.2, 0.25) is 0 Å². The first-order valence-electron chi connectivity index (χ1n) is 6.72. The summed E-state index contributed by atoms with van der Waals surface area (Å²) < 4.78 is 5.81. The van der Waals surface area contributed by atoms with E-state index in [2.05, 4.69) is 26.4 Å². The lowest BCUT2D eigenvalue weighted by molar-refractivity contribution is -0.117. The van der Waals surface area contributed by atoms with E-state index in [-0.39, 0.29) is 18.2 Å². The van der Waals surface area contributed by atoms with Crippen LogP contribution in [0.4, 0.5) is 11.5 Å². The van der Waals surface area contributed by atoms with Crippen molar-refractivity contribution in [2.45, 2.75) is 20.3 Å². The Hall–Kier alpha value is -2.15. The van der Waals surface area contributed by atoms with E-state index in [0.29, 0.717) is 18.1 Å². The van der Waals surface area contributed by atoms with Gasteiger partial charge in [0.05, 0.1) is 0 Å². The quantitative estimate of drug-likeness (QED) is 0.882. The molecule has 0 aliphatic carbocycles. The molecule has 116 valence electrons. The van der Waals surface area contributed by atoms with Crippen molar-refractivity contribution in [2.24, 2.45) is 0 Å². The molecule has 22 heavy (non-hydrogen) atoms. The molecule has 0 saturated heterocycles. The molecule has 7 heteroatoms. The Bertz CT molecular complexity index is 667. The van der Waals surface area contributed by atoms with Crippen LogP contribution in [0, 0.1) is 6.92 Å². The van der Waals surface area contributed by atoms with Gasteiger partial charge < -0.3 is 14.7 Å². The molecule has 0 aliphatic rings. The maximum absolute atomic E-state index is 11.9. The Morgan fingerprint density at radius 2 is 2.00 bits per heavy atom. The van der Waals surface area contributed by atoms with Gasteiger partial charge in [0.15, 0.2) is 5.82 Å². The molecule has 0 fully saturated rings. The number of benzene rings is 1. The van der Waals surface area contributed by atoms with E-state index in [1.54, 1.807) is 17.9 Å². The number of nitrogens with zero attached hydrogens (tertiary/aromatic N) is 2. The summed E-state index contributed by atoms with van der Waals surface area (Å²) in [4.78, 5) is 25.2. The molecule has 0 unspecified atom stereocenters. The molecular formula is C15H16BrN3O3. The molecular weight excluding hydrogens is 350 g/mol. The monoisotopic (exact) mass is 365 g/mol. The second-order valence-electron chi connectivity index (χ2n) is 4.77. The number of rotatable bonds is 5. The zero-order valence-corrected chi connectivity index (χ0v) is 13.9. The smallest absolute Gasteiger partial charge is 0.227 e. The van der Waals surface area contributed by atoms with Crippen LogP contribution in [0.5, 0.6) is 0 Å². The van der Waals surface area contributed by atoms with Crippen LogP contribution in [0.25, 0.3) is 0 Å². The number of halogens is 1. The van der Waals surface area contributed by atoms with Gasteiger partial charge in [-0.1, -0.05) is 21.1 Å². The van der Waals surface area contributed by atoms with Gasteiger partial charge in [0.2, 0.25) is 11.8 Å². The highest BCUT2D eigenvalue weighted by Gasteiger charge is 2.14. The molecule has 0 radical (unpaired) electrons. The van der Waals surface area contributed by atoms with Crippen molar-refractivity contribution >= 4 is 39.2 Å². The fourth-order valence-electron chi connectivity index (χ4n) is 1.93. The lowest BCUT2D eigenvalue weighted by atomic mass is 10.2. The van der Waals surface area contributed by atoms with Crippen molar-refractivity contribution in [1.29, 1.82) is 0 Å². The second kappa shape index (κ2) is 7.22. The molecule has 1 aromatic heterocycles. The molecule has 1 heterocycles. The minimum absolute atomic E-state index is 0.118. The van der Waals surface area contributed by atoms with Gasteiger partial charge in [0.1, 0.15) is 5.76 Å². The Labute approximate surface area is 136 Å². The normalized spacial score (nSPS) is 10.3. The van der Waals surface area contributed by atoms with Crippen LogP contribution in [0.15, 0.2) is 39.3 Å². The zero-order valence-electron chi connectivity index (χ0n) is 12.3. The topological polar surface area (TPSA) is 75.4 Å². The average Bonchev–Trinajstić information content (AvgIpc) is 2.86. The molecule has 0 aliphatic heterocycles. The number of hydrogen-bond acceptors (Lipinski definition) is 4. The van der Waals surface area contributed by atoms with Crippen LogP contribution >= 0.6 is 15.9 Å². The number of nitrogens with one attached hydrogen (secondary N) is 1. The highest BCUT2D eigenvalue weighted by molar-refractivity contribution is 9.10. The third-order valence-electron chi connectivity index (χ3n) is 2.98. The van der Waals surface area contributed by atoms with Gasteiger partial charge in [-0.15, -0.1) is 0 Å². The van der Waals surface area contributed by atoms with Crippen molar-refractivity contribution in [3.63, 3.8) is 0 Å². The van der Waals surface area contributed by atoms with E-state index in [9.17, 15) is 9.59 Å². The third-order valence-corrected chi connectivity index (χ3v) is 3.51. The predicted octanol–water partition coefficient (Wildman–Crippen LogP) is 3.13. The minimum atomic E-state index is -0.225. The number of anilines is 2. The first-order valence-corrected chi connectivity index (χ1v) is 7.52. The van der Waals surface area contributed by atoms with Crippen LogP contribution in [-0.4, -0.2) is 23.5 Å². The maximum Gasteiger partial charge on any atom is 0.227 e. The number of aromatic nitrogens is 1. The molecule has 1 N–H and O–H groups in total. The van der Waals surface area contributed by atoms with Gasteiger partial charge in [0.25, 0.3) is 0 Å². The number of aryl methyl sites for hydroxylation is 1. The molecule has 1 aromatic carbocycles. The Morgan fingerprint density at radius 1 is 1.32 bits per heavy atom. The Kier molecular flexibility index (Phi) is 5.32. The van der Waals surface area contributed by atoms with Crippen molar-refractivity contribution in [1.82, 2.24) is 5.16 Å². The molecule has 0 saturated carbocycles. The van der Waals surface area contributed by atoms with E-state index in [0.717, 1.165) is 10.2 Å². The van der Waals surface area contributed by atoms with E-state index in [1.807, 2.05) is 24.3 Å². The van der Waals surface area contributed by atoms with Crippen molar-refractivity contribution in [3.05, 3.63) is 40.6 Å². The fraction of sp³-hybridized carbons (Fsp3) is 0.267. The van der Waals surface area contributed by atoms with E-state index in [1.165, 1.54) is 6.92 Å². The summed E-state index contributed by atoms with van der Waals surface area (Å²) in [6.45, 7) is 3.51. The van der Waals surface area contributed by atoms with Gasteiger partial charge >= 0.3 is 0 Å². The van der Waals surface area contributed by atoms with Crippen molar-refractivity contribution in [3.8, 4) is 0 Å². The van der Waals surface area contributed by atoms with Crippen molar-refractivity contribution in [2.75, 3.05) is 16.8 Å². The van der Waals surface area contributed by atoms with E-state index in [4.69, 9.17) is 4.52 Å². The molecule has 0 atom stereocenters. The molecule has 2 amide bonds. The van der Waals surface area contributed by atoms with Crippen LogP contribution in [0.3, 0.4) is 0 Å². The predicted molar refractivity (Wildman–Crippen MR) is 86.7 cm³/mol. The van der Waals surface area contributed by atoms with E-state index >= 15 is 0 Å². The molecule has 2 rings (SSSR count). The van der Waals surface area contributed by atoms with E-state index < -0.39 is 0 Å². The lowest BCUT2D eigenvalue weighted by Crippen LogP contribution is -2.31. The number of amides is 2. The van der Waals surface area contributed by atoms with Gasteiger partial charge in [-0.3, -0.25) is 9.59 Å². The SMILES string of the molecule is CC(=O)N(CCC(=O)Nc1cc(C)on1)c1ccc(Br)cc1. The molecule has 6 nitrogen and oxygen atoms in total. The highest BCUT2D eigenvalue weighted by Crippen LogP contribution is 2.19.